The summed E-state index contributed by atoms with van der Waals surface area (Å²) in [6.07, 6.45) is 0. The Bertz CT molecular complexity index is 586. The molecule has 1 aliphatic rings. The van der Waals surface area contributed by atoms with Gasteiger partial charge in [0.25, 0.3) is 0 Å². The molecular weight excluding hydrogens is 297 g/mol. The van der Waals surface area contributed by atoms with Crippen LogP contribution in [0.4, 0.5) is 13.2 Å². The maximum atomic E-state index is 14.2. The normalized spacial score (nSPS) is 17.9. The molecule has 2 nitrogen and oxygen atoms in total. The highest BCUT2D eigenvalue weighted by Crippen LogP contribution is 2.35. The van der Waals surface area contributed by atoms with E-state index in [1.165, 1.54) is 11.3 Å². The lowest BCUT2D eigenvalue weighted by molar-refractivity contribution is 0.194. The molecule has 0 bridgehead atoms. The fourth-order valence-corrected chi connectivity index (χ4v) is 3.57. The monoisotopic (exact) mass is 312 g/mol. The van der Waals surface area contributed by atoms with E-state index in [-0.39, 0.29) is 5.56 Å². The summed E-state index contributed by atoms with van der Waals surface area (Å²) >= 11 is 1.45. The highest BCUT2D eigenvalue weighted by atomic mass is 32.1. The molecule has 1 aliphatic heterocycles. The first-order valence-electron chi connectivity index (χ1n) is 6.79. The molecule has 21 heavy (non-hydrogen) atoms. The molecule has 1 saturated heterocycles. The molecule has 1 fully saturated rings. The van der Waals surface area contributed by atoms with Crippen LogP contribution in [-0.2, 0) is 0 Å². The quantitative estimate of drug-likeness (QED) is 0.936. The molecule has 1 N–H and O–H groups in total. The molecule has 1 aromatic carbocycles. The minimum absolute atomic E-state index is 0.0688. The molecule has 0 saturated carbocycles. The third-order valence-electron chi connectivity index (χ3n) is 3.65. The topological polar surface area (TPSA) is 15.3 Å². The van der Waals surface area contributed by atoms with E-state index in [4.69, 9.17) is 0 Å². The van der Waals surface area contributed by atoms with Gasteiger partial charge < -0.3 is 5.32 Å². The minimum Gasteiger partial charge on any atom is -0.314 e. The van der Waals surface area contributed by atoms with Gasteiger partial charge in [-0.3, -0.25) is 4.90 Å². The molecule has 3 rings (SSSR count). The third kappa shape index (κ3) is 2.97. The molecule has 112 valence electrons. The first-order chi connectivity index (χ1) is 10.2. The smallest absolute Gasteiger partial charge is 0.134 e. The van der Waals surface area contributed by atoms with Crippen molar-refractivity contribution in [2.75, 3.05) is 26.2 Å². The van der Waals surface area contributed by atoms with Crippen LogP contribution in [0.2, 0.25) is 0 Å². The maximum absolute atomic E-state index is 14.2. The van der Waals surface area contributed by atoms with Crippen LogP contribution in [0.25, 0.3) is 0 Å². The number of rotatable bonds is 3. The maximum Gasteiger partial charge on any atom is 0.134 e. The highest BCUT2D eigenvalue weighted by molar-refractivity contribution is 7.10. The van der Waals surface area contributed by atoms with E-state index in [9.17, 15) is 13.2 Å². The van der Waals surface area contributed by atoms with Crippen molar-refractivity contribution in [3.05, 3.63) is 57.5 Å². The van der Waals surface area contributed by atoms with Gasteiger partial charge in [-0.15, -0.1) is 11.3 Å². The summed E-state index contributed by atoms with van der Waals surface area (Å²) in [6.45, 7) is 2.93. The van der Waals surface area contributed by atoms with Gasteiger partial charge in [0.15, 0.2) is 0 Å². The van der Waals surface area contributed by atoms with Crippen molar-refractivity contribution in [3.63, 3.8) is 0 Å². The Hall–Kier alpha value is -1.37. The second-order valence-electron chi connectivity index (χ2n) is 4.99. The number of hydrogen-bond acceptors (Lipinski definition) is 3. The molecule has 0 unspecified atom stereocenters. The molecule has 0 amide bonds. The summed E-state index contributed by atoms with van der Waals surface area (Å²) in [6, 6.07) is 4.71. The molecule has 6 heteroatoms. The lowest BCUT2D eigenvalue weighted by Crippen LogP contribution is -2.45. The molecular formula is C15H15F3N2S. The van der Waals surface area contributed by atoms with Crippen LogP contribution in [0.1, 0.15) is 16.5 Å². The van der Waals surface area contributed by atoms with Crippen LogP contribution >= 0.6 is 11.3 Å². The van der Waals surface area contributed by atoms with E-state index in [1.54, 1.807) is 0 Å². The van der Waals surface area contributed by atoms with E-state index < -0.39 is 23.5 Å². The highest BCUT2D eigenvalue weighted by Gasteiger charge is 2.30. The van der Waals surface area contributed by atoms with Gasteiger partial charge in [0.1, 0.15) is 17.5 Å². The lowest BCUT2D eigenvalue weighted by atomic mass is 10.0. The number of nitrogens with one attached hydrogen (secondary N) is 1. The van der Waals surface area contributed by atoms with Crippen molar-refractivity contribution in [3.8, 4) is 0 Å². The number of halogens is 3. The van der Waals surface area contributed by atoms with Gasteiger partial charge in [0.2, 0.25) is 0 Å². The van der Waals surface area contributed by atoms with E-state index in [0.717, 1.165) is 30.1 Å². The van der Waals surface area contributed by atoms with Gasteiger partial charge in [-0.1, -0.05) is 6.07 Å². The molecule has 0 aliphatic carbocycles. The Morgan fingerprint density at radius 2 is 1.76 bits per heavy atom. The van der Waals surface area contributed by atoms with Crippen LogP contribution < -0.4 is 5.32 Å². The predicted octanol–water partition coefficient (Wildman–Crippen LogP) is 3.16. The van der Waals surface area contributed by atoms with E-state index in [0.29, 0.717) is 13.1 Å². The number of thiophene rings is 1. The number of piperazine rings is 1. The zero-order valence-electron chi connectivity index (χ0n) is 11.3. The first-order valence-corrected chi connectivity index (χ1v) is 7.67. The van der Waals surface area contributed by atoms with E-state index in [2.05, 4.69) is 5.32 Å². The van der Waals surface area contributed by atoms with Crippen LogP contribution in [-0.4, -0.2) is 31.1 Å². The standard InChI is InChI=1S/C15H15F3N2S/c16-10-8-11(17)14(12(18)9-10)15(13-2-1-7-21-13)20-5-3-19-4-6-20/h1-2,7-9,15,19H,3-6H2/t15-/m0/s1. The second kappa shape index (κ2) is 6.17. The van der Waals surface area contributed by atoms with Gasteiger partial charge in [-0.05, 0) is 11.4 Å². The van der Waals surface area contributed by atoms with Crippen molar-refractivity contribution in [1.82, 2.24) is 10.2 Å². The molecule has 0 radical (unpaired) electrons. The van der Waals surface area contributed by atoms with Crippen molar-refractivity contribution in [2.24, 2.45) is 0 Å². The summed E-state index contributed by atoms with van der Waals surface area (Å²) in [7, 11) is 0. The Kier molecular flexibility index (Phi) is 4.28. The molecule has 0 spiro atoms. The zero-order valence-corrected chi connectivity index (χ0v) is 12.1. The number of benzene rings is 1. The fraction of sp³-hybridized carbons (Fsp3) is 0.333. The second-order valence-corrected chi connectivity index (χ2v) is 5.97. The van der Waals surface area contributed by atoms with Gasteiger partial charge in [0, 0.05) is 48.8 Å². The summed E-state index contributed by atoms with van der Waals surface area (Å²) in [5, 5.41) is 5.10. The van der Waals surface area contributed by atoms with Gasteiger partial charge >= 0.3 is 0 Å². The molecule has 1 atom stereocenters. The third-order valence-corrected chi connectivity index (χ3v) is 4.57. The largest absolute Gasteiger partial charge is 0.314 e. The number of nitrogens with zero attached hydrogens (tertiary/aromatic N) is 1. The van der Waals surface area contributed by atoms with Crippen LogP contribution in [0.3, 0.4) is 0 Å². The first kappa shape index (κ1) is 14.6. The summed E-state index contributed by atoms with van der Waals surface area (Å²) in [5.74, 6) is -2.55. The Morgan fingerprint density at radius 3 is 2.33 bits per heavy atom. The zero-order chi connectivity index (χ0) is 14.8. The molecule has 2 heterocycles. The van der Waals surface area contributed by atoms with Crippen LogP contribution in [0.15, 0.2) is 29.6 Å². The molecule has 2 aromatic rings. The Balaban J connectivity index is 2.07. The number of hydrogen-bond donors (Lipinski definition) is 1. The van der Waals surface area contributed by atoms with Gasteiger partial charge in [-0.25, -0.2) is 13.2 Å². The van der Waals surface area contributed by atoms with Crippen molar-refractivity contribution < 1.29 is 13.2 Å². The predicted molar refractivity (Wildman–Crippen MR) is 76.9 cm³/mol. The summed E-state index contributed by atoms with van der Waals surface area (Å²) in [4.78, 5) is 2.89. The lowest BCUT2D eigenvalue weighted by Gasteiger charge is -2.35. The van der Waals surface area contributed by atoms with Gasteiger partial charge in [-0.2, -0.15) is 0 Å². The summed E-state index contributed by atoms with van der Waals surface area (Å²) in [5.41, 5.74) is -0.0688. The van der Waals surface area contributed by atoms with Crippen molar-refractivity contribution >= 4 is 11.3 Å². The van der Waals surface area contributed by atoms with Crippen molar-refractivity contribution in [1.29, 1.82) is 0 Å². The van der Waals surface area contributed by atoms with E-state index in [1.807, 2.05) is 22.4 Å². The average molecular weight is 312 g/mol. The van der Waals surface area contributed by atoms with Gasteiger partial charge in [0.05, 0.1) is 6.04 Å². The van der Waals surface area contributed by atoms with Crippen molar-refractivity contribution in [2.45, 2.75) is 6.04 Å². The Morgan fingerprint density at radius 1 is 1.10 bits per heavy atom. The average Bonchev–Trinajstić information content (AvgIpc) is 2.97. The van der Waals surface area contributed by atoms with Crippen LogP contribution in [0.5, 0.6) is 0 Å². The minimum atomic E-state index is -0.890. The molecule has 1 aromatic heterocycles. The Labute approximate surface area is 125 Å². The summed E-state index contributed by atoms with van der Waals surface area (Å²) < 4.78 is 41.5. The van der Waals surface area contributed by atoms with E-state index >= 15 is 0 Å². The SMILES string of the molecule is Fc1cc(F)c([C@H](c2cccs2)N2CCNCC2)c(F)c1. The van der Waals surface area contributed by atoms with Crippen LogP contribution in [0, 0.1) is 17.5 Å². The fourth-order valence-electron chi connectivity index (χ4n) is 2.71.